The van der Waals surface area contributed by atoms with Gasteiger partial charge >= 0.3 is 0 Å². The predicted octanol–water partition coefficient (Wildman–Crippen LogP) is 5.29. The van der Waals surface area contributed by atoms with Gasteiger partial charge in [-0.15, -0.1) is 0 Å². The van der Waals surface area contributed by atoms with Gasteiger partial charge in [0.2, 0.25) is 5.91 Å². The van der Waals surface area contributed by atoms with Gasteiger partial charge in [0.25, 0.3) is 0 Å². The Hall–Kier alpha value is -3.12. The van der Waals surface area contributed by atoms with E-state index in [4.69, 9.17) is 9.15 Å². The van der Waals surface area contributed by atoms with Crippen LogP contribution in [0.5, 0.6) is 5.75 Å². The molecule has 0 aliphatic rings. The number of benzene rings is 2. The second-order valence-electron chi connectivity index (χ2n) is 6.98. The number of aromatic nitrogens is 1. The first-order valence-corrected chi connectivity index (χ1v) is 10.2. The zero-order valence-corrected chi connectivity index (χ0v) is 17.5. The van der Waals surface area contributed by atoms with Gasteiger partial charge in [0, 0.05) is 0 Å². The minimum absolute atomic E-state index is 0.0179. The number of amides is 1. The van der Waals surface area contributed by atoms with E-state index < -0.39 is 0 Å². The number of hydrogen-bond donors (Lipinski definition) is 0. The van der Waals surface area contributed by atoms with Gasteiger partial charge in [-0.1, -0.05) is 29.5 Å². The van der Waals surface area contributed by atoms with Crippen molar-refractivity contribution in [2.45, 2.75) is 26.8 Å². The van der Waals surface area contributed by atoms with Crippen molar-refractivity contribution in [1.29, 1.82) is 0 Å². The fraction of sp³-hybridized carbons (Fsp3) is 0.217. The van der Waals surface area contributed by atoms with Crippen LogP contribution < -0.4 is 9.64 Å². The van der Waals surface area contributed by atoms with E-state index >= 15 is 0 Å². The topological polar surface area (TPSA) is 55.6 Å². The largest absolute Gasteiger partial charge is 0.497 e. The summed E-state index contributed by atoms with van der Waals surface area (Å²) in [6.45, 7) is 4.47. The number of carbonyl (C=O) groups excluding carboxylic acids is 1. The Balaban J connectivity index is 1.67. The molecule has 0 aliphatic heterocycles. The van der Waals surface area contributed by atoms with Crippen molar-refractivity contribution in [1.82, 2.24) is 4.98 Å². The van der Waals surface area contributed by atoms with Gasteiger partial charge in [0.1, 0.15) is 11.5 Å². The molecule has 29 heavy (non-hydrogen) atoms. The lowest BCUT2D eigenvalue weighted by molar-refractivity contribution is -0.118. The molecule has 0 atom stereocenters. The molecule has 2 heterocycles. The molecule has 0 radical (unpaired) electrons. The molecule has 5 nitrogen and oxygen atoms in total. The number of nitrogens with zero attached hydrogens (tertiary/aromatic N) is 2. The summed E-state index contributed by atoms with van der Waals surface area (Å²) in [7, 11) is 1.64. The molecule has 0 saturated carbocycles. The highest BCUT2D eigenvalue weighted by Gasteiger charge is 2.22. The van der Waals surface area contributed by atoms with Gasteiger partial charge in [-0.2, -0.15) is 0 Å². The van der Waals surface area contributed by atoms with Gasteiger partial charge in [-0.05, 0) is 60.9 Å². The third-order valence-corrected chi connectivity index (χ3v) is 5.98. The van der Waals surface area contributed by atoms with Crippen LogP contribution in [0, 0.1) is 13.8 Å². The summed E-state index contributed by atoms with van der Waals surface area (Å²) in [5.41, 5.74) is 4.23. The van der Waals surface area contributed by atoms with E-state index in [9.17, 15) is 4.79 Å². The van der Waals surface area contributed by atoms with E-state index in [1.165, 1.54) is 22.5 Å². The lowest BCUT2D eigenvalue weighted by Crippen LogP contribution is -2.31. The van der Waals surface area contributed by atoms with Crippen LogP contribution in [0.25, 0.3) is 10.2 Å². The SMILES string of the molecule is COc1ccc2nc(N(Cc3ccco3)C(=O)Cc3ccc(C)c(C)c3)sc2c1. The summed E-state index contributed by atoms with van der Waals surface area (Å²) in [6.07, 6.45) is 1.92. The number of methoxy groups -OCH3 is 1. The number of hydrogen-bond acceptors (Lipinski definition) is 5. The van der Waals surface area contributed by atoms with Gasteiger partial charge in [-0.3, -0.25) is 9.69 Å². The van der Waals surface area contributed by atoms with Crippen LogP contribution in [-0.2, 0) is 17.8 Å². The van der Waals surface area contributed by atoms with Crippen molar-refractivity contribution >= 4 is 32.6 Å². The van der Waals surface area contributed by atoms with E-state index in [-0.39, 0.29) is 5.91 Å². The Kier molecular flexibility index (Phi) is 5.36. The van der Waals surface area contributed by atoms with Crippen molar-refractivity contribution in [2.75, 3.05) is 12.0 Å². The number of thiazole rings is 1. The first-order chi connectivity index (χ1) is 14.0. The summed E-state index contributed by atoms with van der Waals surface area (Å²) in [6, 6.07) is 15.5. The normalized spacial score (nSPS) is 11.0. The van der Waals surface area contributed by atoms with E-state index in [1.54, 1.807) is 18.3 Å². The third kappa shape index (κ3) is 4.17. The highest BCUT2D eigenvalue weighted by atomic mass is 32.1. The molecule has 0 bridgehead atoms. The quantitative estimate of drug-likeness (QED) is 0.436. The highest BCUT2D eigenvalue weighted by Crippen LogP contribution is 2.32. The Morgan fingerprint density at radius 1 is 1.14 bits per heavy atom. The highest BCUT2D eigenvalue weighted by molar-refractivity contribution is 7.22. The fourth-order valence-corrected chi connectivity index (χ4v) is 4.15. The van der Waals surface area contributed by atoms with Gasteiger partial charge in [0.05, 0.1) is 36.6 Å². The number of anilines is 1. The molecule has 6 heteroatoms. The zero-order valence-electron chi connectivity index (χ0n) is 16.6. The van der Waals surface area contributed by atoms with Crippen LogP contribution in [0.4, 0.5) is 5.13 Å². The second-order valence-corrected chi connectivity index (χ2v) is 7.99. The van der Waals surface area contributed by atoms with Crippen LogP contribution in [-0.4, -0.2) is 18.0 Å². The number of aryl methyl sites for hydroxylation is 2. The zero-order chi connectivity index (χ0) is 20.4. The summed E-state index contributed by atoms with van der Waals surface area (Å²) in [5.74, 6) is 1.47. The molecule has 148 valence electrons. The van der Waals surface area contributed by atoms with Crippen molar-refractivity contribution < 1.29 is 13.9 Å². The molecule has 0 spiro atoms. The van der Waals surface area contributed by atoms with Crippen molar-refractivity contribution in [3.63, 3.8) is 0 Å². The molecule has 2 aromatic carbocycles. The maximum absolute atomic E-state index is 13.3. The van der Waals surface area contributed by atoms with Crippen molar-refractivity contribution in [3.8, 4) is 5.75 Å². The van der Waals surface area contributed by atoms with Crippen molar-refractivity contribution in [2.24, 2.45) is 0 Å². The lowest BCUT2D eigenvalue weighted by atomic mass is 10.0. The Labute approximate surface area is 173 Å². The van der Waals surface area contributed by atoms with E-state index in [1.807, 2.05) is 36.4 Å². The molecule has 0 N–H and O–H groups in total. The molecule has 4 aromatic rings. The average molecular weight is 407 g/mol. The average Bonchev–Trinajstić information content (AvgIpc) is 3.37. The standard InChI is InChI=1S/C23H22N2O3S/c1-15-6-7-17(11-16(15)2)12-22(26)25(14-19-5-4-10-28-19)23-24-20-9-8-18(27-3)13-21(20)29-23/h4-11,13H,12,14H2,1-3H3. The number of rotatable bonds is 6. The maximum atomic E-state index is 13.3. The van der Waals surface area contributed by atoms with Gasteiger partial charge in [0.15, 0.2) is 5.13 Å². The number of furan rings is 1. The summed E-state index contributed by atoms with van der Waals surface area (Å²) in [5, 5.41) is 0.651. The van der Waals surface area contributed by atoms with Gasteiger partial charge in [-0.25, -0.2) is 4.98 Å². The second kappa shape index (κ2) is 8.09. The number of ether oxygens (including phenoxy) is 1. The molecule has 2 aromatic heterocycles. The van der Waals surface area contributed by atoms with Crippen molar-refractivity contribution in [3.05, 3.63) is 77.2 Å². The van der Waals surface area contributed by atoms with Crippen LogP contribution in [0.2, 0.25) is 0 Å². The monoisotopic (exact) mass is 406 g/mol. The van der Waals surface area contributed by atoms with Crippen LogP contribution >= 0.6 is 11.3 Å². The summed E-state index contributed by atoms with van der Waals surface area (Å²) >= 11 is 1.47. The molecule has 4 rings (SSSR count). The Morgan fingerprint density at radius 2 is 2.00 bits per heavy atom. The lowest BCUT2D eigenvalue weighted by Gasteiger charge is -2.19. The molecule has 0 saturated heterocycles. The number of fused-ring (bicyclic) bond motifs is 1. The minimum Gasteiger partial charge on any atom is -0.497 e. The number of carbonyl (C=O) groups is 1. The van der Waals surface area contributed by atoms with E-state index in [0.29, 0.717) is 18.1 Å². The minimum atomic E-state index is -0.0179. The molecule has 1 amide bonds. The first kappa shape index (κ1) is 19.2. The summed E-state index contributed by atoms with van der Waals surface area (Å²) in [4.78, 5) is 19.7. The molecular weight excluding hydrogens is 384 g/mol. The predicted molar refractivity (Wildman–Crippen MR) is 116 cm³/mol. The van der Waals surface area contributed by atoms with Gasteiger partial charge < -0.3 is 9.15 Å². The summed E-state index contributed by atoms with van der Waals surface area (Å²) < 4.78 is 11.8. The Bertz CT molecular complexity index is 1150. The first-order valence-electron chi connectivity index (χ1n) is 9.37. The fourth-order valence-electron chi connectivity index (χ4n) is 3.14. The molecule has 0 fully saturated rings. The third-order valence-electron chi connectivity index (χ3n) is 4.94. The van der Waals surface area contributed by atoms with E-state index in [0.717, 1.165) is 27.3 Å². The Morgan fingerprint density at radius 3 is 2.72 bits per heavy atom. The van der Waals surface area contributed by atoms with Crippen LogP contribution in [0.3, 0.4) is 0 Å². The molecule has 0 aliphatic carbocycles. The smallest absolute Gasteiger partial charge is 0.233 e. The molecule has 0 unspecified atom stereocenters. The molecular formula is C23H22N2O3S. The van der Waals surface area contributed by atoms with E-state index in [2.05, 4.69) is 31.0 Å². The van der Waals surface area contributed by atoms with Crippen LogP contribution in [0.15, 0.2) is 59.2 Å². The van der Waals surface area contributed by atoms with Crippen LogP contribution in [0.1, 0.15) is 22.5 Å². The maximum Gasteiger partial charge on any atom is 0.233 e.